The van der Waals surface area contributed by atoms with Gasteiger partial charge in [0.05, 0.1) is 0 Å². The van der Waals surface area contributed by atoms with Gasteiger partial charge in [0.25, 0.3) is 0 Å². The molecule has 68 valence electrons. The number of aliphatic hydroxyl groups is 3. The highest BCUT2D eigenvalue weighted by atomic mass is 16.6. The summed E-state index contributed by atoms with van der Waals surface area (Å²) in [5.41, 5.74) is 0. The number of rotatable bonds is 2. The number of hydrogen-bond donors (Lipinski definition) is 3. The second kappa shape index (κ2) is 3.18. The molecule has 1 rings (SSSR count). The maximum absolute atomic E-state index is 10.6. The molecule has 1 aliphatic heterocycles. The van der Waals surface area contributed by atoms with Gasteiger partial charge >= 0.3 is 5.97 Å². The molecule has 1 aliphatic rings. The van der Waals surface area contributed by atoms with Gasteiger partial charge in [0, 0.05) is 0 Å². The van der Waals surface area contributed by atoms with E-state index in [0.717, 1.165) is 0 Å². The topological polar surface area (TPSA) is 104 Å². The molecule has 0 amide bonds. The third-order valence-corrected chi connectivity index (χ3v) is 1.63. The van der Waals surface area contributed by atoms with E-state index >= 15 is 0 Å². The molecule has 12 heavy (non-hydrogen) atoms. The lowest BCUT2D eigenvalue weighted by Crippen LogP contribution is -2.39. The number of aldehydes is 1. The number of carbonyl (C=O) groups is 2. The minimum Gasteiger partial charge on any atom is -0.454 e. The summed E-state index contributed by atoms with van der Waals surface area (Å²) in [6, 6.07) is 0. The van der Waals surface area contributed by atoms with E-state index in [-0.39, 0.29) is 6.29 Å². The zero-order valence-electron chi connectivity index (χ0n) is 5.95. The number of esters is 1. The zero-order valence-corrected chi connectivity index (χ0v) is 5.95. The molecule has 0 spiro atoms. The molecule has 1 saturated heterocycles. The van der Waals surface area contributed by atoms with Gasteiger partial charge in [-0.1, -0.05) is 0 Å². The van der Waals surface area contributed by atoms with Crippen molar-refractivity contribution in [3.05, 3.63) is 0 Å². The summed E-state index contributed by atoms with van der Waals surface area (Å²) in [5, 5.41) is 26.7. The molecule has 4 atom stereocenters. The molecule has 3 N–H and O–H groups in total. The highest BCUT2D eigenvalue weighted by Gasteiger charge is 2.46. The molecule has 6 nitrogen and oxygen atoms in total. The van der Waals surface area contributed by atoms with E-state index in [1.807, 2.05) is 0 Å². The predicted octanol–water partition coefficient (Wildman–Crippen LogP) is -2.81. The Hall–Kier alpha value is -0.980. The number of ether oxygens (including phenoxy) is 1. The molecule has 6 heteroatoms. The standard InChI is InChI=1S/C6H8O6/c7-1-2(8)5-3(9)4(10)6(11)12-5/h1-5,8-10H/t2?,3-,4+,5+/m0/s1. The minimum atomic E-state index is -1.68. The van der Waals surface area contributed by atoms with Crippen molar-refractivity contribution in [1.82, 2.24) is 0 Å². The van der Waals surface area contributed by atoms with E-state index < -0.39 is 30.4 Å². The normalized spacial score (nSPS) is 37.6. The van der Waals surface area contributed by atoms with E-state index in [0.29, 0.717) is 0 Å². The van der Waals surface area contributed by atoms with Crippen molar-refractivity contribution in [1.29, 1.82) is 0 Å². The molecule has 1 unspecified atom stereocenters. The van der Waals surface area contributed by atoms with E-state index in [1.165, 1.54) is 0 Å². The van der Waals surface area contributed by atoms with Crippen molar-refractivity contribution in [2.75, 3.05) is 0 Å². The summed E-state index contributed by atoms with van der Waals surface area (Å²) in [6.07, 6.45) is -6.05. The van der Waals surface area contributed by atoms with Gasteiger partial charge in [0.15, 0.2) is 18.5 Å². The summed E-state index contributed by atoms with van der Waals surface area (Å²) in [7, 11) is 0. The molecule has 0 aliphatic carbocycles. The molecule has 1 heterocycles. The Morgan fingerprint density at radius 1 is 1.50 bits per heavy atom. The van der Waals surface area contributed by atoms with Gasteiger partial charge < -0.3 is 24.9 Å². The summed E-state index contributed by atoms with van der Waals surface area (Å²) in [6.45, 7) is 0. The summed E-state index contributed by atoms with van der Waals surface area (Å²) in [4.78, 5) is 20.6. The van der Waals surface area contributed by atoms with E-state index in [1.54, 1.807) is 0 Å². The van der Waals surface area contributed by atoms with Crippen LogP contribution in [0, 0.1) is 0 Å². The Labute approximate surface area is 67.4 Å². The average molecular weight is 176 g/mol. The first-order valence-corrected chi connectivity index (χ1v) is 3.28. The van der Waals surface area contributed by atoms with Crippen LogP contribution >= 0.6 is 0 Å². The van der Waals surface area contributed by atoms with Crippen LogP contribution in [0.25, 0.3) is 0 Å². The molecule has 0 aromatic heterocycles. The zero-order chi connectivity index (χ0) is 9.30. The van der Waals surface area contributed by atoms with E-state index in [9.17, 15) is 9.59 Å². The predicted molar refractivity (Wildman–Crippen MR) is 34.0 cm³/mol. The van der Waals surface area contributed by atoms with Crippen LogP contribution in [0.5, 0.6) is 0 Å². The maximum atomic E-state index is 10.6. The molecule has 0 saturated carbocycles. The van der Waals surface area contributed by atoms with Gasteiger partial charge in [-0.05, 0) is 0 Å². The van der Waals surface area contributed by atoms with Gasteiger partial charge in [-0.2, -0.15) is 0 Å². The molecule has 0 aromatic carbocycles. The van der Waals surface area contributed by atoms with Crippen molar-refractivity contribution in [2.45, 2.75) is 24.4 Å². The van der Waals surface area contributed by atoms with Crippen LogP contribution in [0.2, 0.25) is 0 Å². The number of cyclic esters (lactones) is 1. The van der Waals surface area contributed by atoms with Gasteiger partial charge in [-0.25, -0.2) is 4.79 Å². The number of aliphatic hydroxyl groups excluding tert-OH is 3. The molecule has 0 aromatic rings. The Morgan fingerprint density at radius 2 is 2.08 bits per heavy atom. The lowest BCUT2D eigenvalue weighted by Gasteiger charge is -2.14. The minimum absolute atomic E-state index is 0.124. The summed E-state index contributed by atoms with van der Waals surface area (Å²) < 4.78 is 4.32. The molecular formula is C6H8O6. The largest absolute Gasteiger partial charge is 0.454 e. The Morgan fingerprint density at radius 3 is 2.42 bits per heavy atom. The highest BCUT2D eigenvalue weighted by Crippen LogP contribution is 2.17. The number of hydrogen-bond acceptors (Lipinski definition) is 6. The molecule has 0 radical (unpaired) electrons. The van der Waals surface area contributed by atoms with Crippen LogP contribution in [0.4, 0.5) is 0 Å². The van der Waals surface area contributed by atoms with Gasteiger partial charge in [0.1, 0.15) is 12.2 Å². The quantitative estimate of drug-likeness (QED) is 0.310. The van der Waals surface area contributed by atoms with Gasteiger partial charge in [-0.3, -0.25) is 0 Å². The fourth-order valence-corrected chi connectivity index (χ4v) is 0.942. The Balaban J connectivity index is 2.70. The van der Waals surface area contributed by atoms with Gasteiger partial charge in [0.2, 0.25) is 0 Å². The van der Waals surface area contributed by atoms with Crippen LogP contribution in [0.3, 0.4) is 0 Å². The summed E-state index contributed by atoms with van der Waals surface area (Å²) >= 11 is 0. The Bertz CT molecular complexity index is 202. The van der Waals surface area contributed by atoms with Crippen molar-refractivity contribution in [3.63, 3.8) is 0 Å². The molecule has 0 bridgehead atoms. The van der Waals surface area contributed by atoms with Crippen LogP contribution in [0.15, 0.2) is 0 Å². The maximum Gasteiger partial charge on any atom is 0.338 e. The first-order chi connectivity index (χ1) is 5.57. The van der Waals surface area contributed by atoms with Crippen LogP contribution in [-0.2, 0) is 14.3 Å². The first kappa shape index (κ1) is 9.11. The number of carbonyl (C=O) groups excluding carboxylic acids is 2. The monoisotopic (exact) mass is 176 g/mol. The molecule has 1 fully saturated rings. The third-order valence-electron chi connectivity index (χ3n) is 1.63. The van der Waals surface area contributed by atoms with E-state index in [4.69, 9.17) is 15.3 Å². The summed E-state index contributed by atoms with van der Waals surface area (Å²) in [5.74, 6) is -1.03. The first-order valence-electron chi connectivity index (χ1n) is 3.28. The van der Waals surface area contributed by atoms with Crippen LogP contribution < -0.4 is 0 Å². The SMILES string of the molecule is O=CC(O)[C@H]1OC(=O)[C@H](O)[C@@H]1O. The fourth-order valence-electron chi connectivity index (χ4n) is 0.942. The van der Waals surface area contributed by atoms with E-state index in [2.05, 4.69) is 4.74 Å². The second-order valence-corrected chi connectivity index (χ2v) is 2.46. The van der Waals surface area contributed by atoms with Crippen molar-refractivity contribution < 1.29 is 29.6 Å². The van der Waals surface area contributed by atoms with Crippen molar-refractivity contribution in [2.24, 2.45) is 0 Å². The lowest BCUT2D eigenvalue weighted by atomic mass is 10.1. The smallest absolute Gasteiger partial charge is 0.338 e. The third kappa shape index (κ3) is 1.31. The van der Waals surface area contributed by atoms with Crippen LogP contribution in [-0.4, -0.2) is 52.0 Å². The second-order valence-electron chi connectivity index (χ2n) is 2.46. The van der Waals surface area contributed by atoms with Gasteiger partial charge in [-0.15, -0.1) is 0 Å². The average Bonchev–Trinajstić information content (AvgIpc) is 2.32. The Kier molecular flexibility index (Phi) is 2.41. The lowest BCUT2D eigenvalue weighted by molar-refractivity contribution is -0.151. The fraction of sp³-hybridized carbons (Fsp3) is 0.667. The molecular weight excluding hydrogens is 168 g/mol. The highest BCUT2D eigenvalue weighted by molar-refractivity contribution is 5.78. The van der Waals surface area contributed by atoms with Crippen molar-refractivity contribution >= 4 is 12.3 Å². The van der Waals surface area contributed by atoms with Crippen LogP contribution in [0.1, 0.15) is 0 Å². The van der Waals surface area contributed by atoms with Crippen molar-refractivity contribution in [3.8, 4) is 0 Å².